The molecule has 102 valence electrons. The summed E-state index contributed by atoms with van der Waals surface area (Å²) in [6.45, 7) is 1.37. The van der Waals surface area contributed by atoms with Crippen molar-refractivity contribution in [1.82, 2.24) is 9.88 Å². The summed E-state index contributed by atoms with van der Waals surface area (Å²) < 4.78 is 0.971. The van der Waals surface area contributed by atoms with Gasteiger partial charge in [-0.2, -0.15) is 0 Å². The fourth-order valence-electron chi connectivity index (χ4n) is 3.24. The molecule has 1 amide bonds. The average molecular weight is 326 g/mol. The molecule has 1 aromatic rings. The van der Waals surface area contributed by atoms with E-state index in [0.717, 1.165) is 23.1 Å². The topological polar surface area (TPSA) is 65.5 Å². The molecular weight excluding hydrogens is 310 g/mol. The smallest absolute Gasteiger partial charge is 0.407 e. The number of carbonyl (C=O) groups is 1. The van der Waals surface area contributed by atoms with Crippen LogP contribution in [0.5, 0.6) is 0 Å². The highest BCUT2D eigenvalue weighted by atomic mass is 79.9. The Bertz CT molecular complexity index is 465. The molecule has 0 bridgehead atoms. The number of nitrogens with zero attached hydrogens (tertiary/aromatic N) is 2. The maximum absolute atomic E-state index is 10.9. The summed E-state index contributed by atoms with van der Waals surface area (Å²) in [5, 5.41) is 12.4. The third-order valence-corrected chi connectivity index (χ3v) is 4.57. The number of amides is 1. The van der Waals surface area contributed by atoms with Crippen LogP contribution in [0.2, 0.25) is 0 Å². The van der Waals surface area contributed by atoms with Gasteiger partial charge in [-0.1, -0.05) is 0 Å². The Morgan fingerprint density at radius 3 is 2.58 bits per heavy atom. The van der Waals surface area contributed by atoms with Crippen molar-refractivity contribution in [2.45, 2.75) is 18.9 Å². The van der Waals surface area contributed by atoms with Gasteiger partial charge in [-0.25, -0.2) is 9.78 Å². The van der Waals surface area contributed by atoms with Crippen LogP contribution in [0.15, 0.2) is 22.8 Å². The first-order valence-electron chi connectivity index (χ1n) is 6.48. The Balaban J connectivity index is 1.57. The van der Waals surface area contributed by atoms with Crippen LogP contribution in [0, 0.1) is 11.8 Å². The van der Waals surface area contributed by atoms with Gasteiger partial charge in [0.25, 0.3) is 0 Å². The predicted molar refractivity (Wildman–Crippen MR) is 75.2 cm³/mol. The molecule has 19 heavy (non-hydrogen) atoms. The van der Waals surface area contributed by atoms with E-state index in [1.807, 2.05) is 12.1 Å². The molecule has 0 unspecified atom stereocenters. The summed E-state index contributed by atoms with van der Waals surface area (Å²) in [6.07, 6.45) is 3.07. The highest BCUT2D eigenvalue weighted by molar-refractivity contribution is 9.10. The van der Waals surface area contributed by atoms with Gasteiger partial charge in [0.05, 0.1) is 0 Å². The second-order valence-electron chi connectivity index (χ2n) is 5.38. The first-order chi connectivity index (χ1) is 9.11. The van der Waals surface area contributed by atoms with Crippen LogP contribution < -0.4 is 5.32 Å². The second-order valence-corrected chi connectivity index (χ2v) is 6.30. The number of likely N-dealkylation sites (tertiary alicyclic amines) is 1. The number of hydrogen-bond donors (Lipinski definition) is 2. The number of anilines is 1. The van der Waals surface area contributed by atoms with Gasteiger partial charge in [0.1, 0.15) is 5.82 Å². The lowest BCUT2D eigenvalue weighted by Gasteiger charge is -2.17. The van der Waals surface area contributed by atoms with Crippen molar-refractivity contribution in [3.05, 3.63) is 22.8 Å². The summed E-state index contributed by atoms with van der Waals surface area (Å²) in [5.41, 5.74) is 0. The van der Waals surface area contributed by atoms with Crippen molar-refractivity contribution in [1.29, 1.82) is 0 Å². The molecule has 6 heteroatoms. The number of hydrogen-bond acceptors (Lipinski definition) is 3. The van der Waals surface area contributed by atoms with Crippen molar-refractivity contribution in [3.63, 3.8) is 0 Å². The fourth-order valence-corrected chi connectivity index (χ4v) is 3.48. The van der Waals surface area contributed by atoms with Gasteiger partial charge in [0.2, 0.25) is 0 Å². The molecule has 1 saturated carbocycles. The van der Waals surface area contributed by atoms with Gasteiger partial charge in [-0.15, -0.1) is 0 Å². The van der Waals surface area contributed by atoms with Crippen LogP contribution in [0.25, 0.3) is 0 Å². The van der Waals surface area contributed by atoms with Crippen LogP contribution in [0.4, 0.5) is 10.6 Å². The maximum Gasteiger partial charge on any atom is 0.407 e. The Labute approximate surface area is 120 Å². The first-order valence-corrected chi connectivity index (χ1v) is 7.27. The Kier molecular flexibility index (Phi) is 3.35. The summed E-state index contributed by atoms with van der Waals surface area (Å²) in [7, 11) is 0. The van der Waals surface area contributed by atoms with E-state index in [0.29, 0.717) is 31.0 Å². The molecule has 3 rings (SSSR count). The number of rotatable bonds is 2. The van der Waals surface area contributed by atoms with Crippen molar-refractivity contribution >= 4 is 27.8 Å². The number of nitrogens with one attached hydrogen (secondary N) is 1. The van der Waals surface area contributed by atoms with E-state index >= 15 is 0 Å². The lowest BCUT2D eigenvalue weighted by Crippen LogP contribution is -2.29. The Hall–Kier alpha value is -1.30. The van der Waals surface area contributed by atoms with E-state index in [-0.39, 0.29) is 0 Å². The summed E-state index contributed by atoms with van der Waals surface area (Å²) in [5.74, 6) is 1.90. The highest BCUT2D eigenvalue weighted by Crippen LogP contribution is 2.39. The molecule has 1 aliphatic heterocycles. The molecule has 1 aliphatic carbocycles. The standard InChI is InChI=1S/C13H16BrN3O2/c14-10-1-2-12(15-5-10)16-11-3-8-6-17(13(18)19)7-9(8)4-11/h1-2,5,8-9,11H,3-4,6-7H2,(H,15,16)(H,18,19)/t8-,9+,11-. The molecule has 3 atom stereocenters. The monoisotopic (exact) mass is 325 g/mol. The Morgan fingerprint density at radius 2 is 2.05 bits per heavy atom. The normalized spacial score (nSPS) is 29.3. The lowest BCUT2D eigenvalue weighted by atomic mass is 10.0. The summed E-state index contributed by atoms with van der Waals surface area (Å²) >= 11 is 3.37. The second kappa shape index (κ2) is 5.00. The molecule has 2 fully saturated rings. The molecule has 2 heterocycles. The molecule has 0 radical (unpaired) electrons. The zero-order valence-corrected chi connectivity index (χ0v) is 12.0. The van der Waals surface area contributed by atoms with E-state index in [2.05, 4.69) is 26.2 Å². The first kappa shape index (κ1) is 12.7. The number of pyridine rings is 1. The minimum Gasteiger partial charge on any atom is -0.465 e. The molecular formula is C13H16BrN3O2. The van der Waals surface area contributed by atoms with Crippen LogP contribution in [0.1, 0.15) is 12.8 Å². The van der Waals surface area contributed by atoms with Gasteiger partial charge in [-0.05, 0) is 52.7 Å². The van der Waals surface area contributed by atoms with Crippen LogP contribution in [-0.4, -0.2) is 40.2 Å². The van der Waals surface area contributed by atoms with Gasteiger partial charge in [0, 0.05) is 29.8 Å². The van der Waals surface area contributed by atoms with Crippen LogP contribution in [0.3, 0.4) is 0 Å². The lowest BCUT2D eigenvalue weighted by molar-refractivity contribution is 0.152. The van der Waals surface area contributed by atoms with E-state index in [9.17, 15) is 4.79 Å². The number of halogens is 1. The summed E-state index contributed by atoms with van der Waals surface area (Å²) in [6, 6.07) is 4.35. The number of aromatic nitrogens is 1. The number of carboxylic acid groups (broad SMARTS) is 1. The minimum absolute atomic E-state index is 0.416. The van der Waals surface area contributed by atoms with Crippen LogP contribution >= 0.6 is 15.9 Å². The van der Waals surface area contributed by atoms with E-state index < -0.39 is 6.09 Å². The molecule has 1 aromatic heterocycles. The average Bonchev–Trinajstić information content (AvgIpc) is 2.90. The van der Waals surface area contributed by atoms with Gasteiger partial charge in [-0.3, -0.25) is 0 Å². The zero-order valence-electron chi connectivity index (χ0n) is 10.4. The molecule has 2 aliphatic rings. The van der Waals surface area contributed by atoms with E-state index in [1.54, 1.807) is 11.1 Å². The molecule has 1 saturated heterocycles. The van der Waals surface area contributed by atoms with Crippen molar-refractivity contribution in [3.8, 4) is 0 Å². The van der Waals surface area contributed by atoms with Gasteiger partial charge < -0.3 is 15.3 Å². The maximum atomic E-state index is 10.9. The van der Waals surface area contributed by atoms with Crippen molar-refractivity contribution in [2.75, 3.05) is 18.4 Å². The van der Waals surface area contributed by atoms with E-state index in [1.165, 1.54) is 0 Å². The van der Waals surface area contributed by atoms with Crippen LogP contribution in [-0.2, 0) is 0 Å². The minimum atomic E-state index is -0.784. The van der Waals surface area contributed by atoms with Crippen molar-refractivity contribution < 1.29 is 9.90 Å². The molecule has 2 N–H and O–H groups in total. The highest BCUT2D eigenvalue weighted by Gasteiger charge is 2.42. The van der Waals surface area contributed by atoms with Gasteiger partial charge >= 0.3 is 6.09 Å². The molecule has 0 aromatic carbocycles. The quantitative estimate of drug-likeness (QED) is 0.877. The zero-order chi connectivity index (χ0) is 13.4. The van der Waals surface area contributed by atoms with E-state index in [4.69, 9.17) is 5.11 Å². The van der Waals surface area contributed by atoms with Gasteiger partial charge in [0.15, 0.2) is 0 Å². The van der Waals surface area contributed by atoms with Crippen molar-refractivity contribution in [2.24, 2.45) is 11.8 Å². The predicted octanol–water partition coefficient (Wildman–Crippen LogP) is 2.64. The third kappa shape index (κ3) is 2.68. The SMILES string of the molecule is O=C(O)N1C[C@H]2C[C@@H](Nc3ccc(Br)cn3)C[C@H]2C1. The molecule has 5 nitrogen and oxygen atoms in total. The molecule has 0 spiro atoms. The summed E-state index contributed by atoms with van der Waals surface area (Å²) in [4.78, 5) is 16.8. The Morgan fingerprint density at radius 1 is 1.37 bits per heavy atom. The third-order valence-electron chi connectivity index (χ3n) is 4.10. The fraction of sp³-hybridized carbons (Fsp3) is 0.538. The largest absolute Gasteiger partial charge is 0.465 e. The number of fused-ring (bicyclic) bond motifs is 1.